The van der Waals surface area contributed by atoms with Crippen LogP contribution in [0.4, 0.5) is 4.39 Å². The van der Waals surface area contributed by atoms with Crippen molar-refractivity contribution >= 4 is 16.0 Å². The van der Waals surface area contributed by atoms with E-state index in [1.165, 1.54) is 24.5 Å². The van der Waals surface area contributed by atoms with Gasteiger partial charge in [-0.05, 0) is 43.9 Å². The molecule has 1 aromatic heterocycles. The van der Waals surface area contributed by atoms with Crippen molar-refractivity contribution in [2.24, 2.45) is 5.73 Å². The molecule has 176 valence electrons. The van der Waals surface area contributed by atoms with Gasteiger partial charge in [-0.2, -0.15) is 0 Å². The van der Waals surface area contributed by atoms with E-state index in [1.807, 2.05) is 19.0 Å². The van der Waals surface area contributed by atoms with Gasteiger partial charge in [0, 0.05) is 37.6 Å². The molecule has 0 bridgehead atoms. The van der Waals surface area contributed by atoms with Gasteiger partial charge in [0.2, 0.25) is 10.0 Å². The molecule has 0 aliphatic carbocycles. The maximum atomic E-state index is 12.9. The maximum absolute atomic E-state index is 12.9. The van der Waals surface area contributed by atoms with Crippen molar-refractivity contribution in [3.8, 4) is 11.4 Å². The molecule has 4 N–H and O–H groups in total. The summed E-state index contributed by atoms with van der Waals surface area (Å²) < 4.78 is 39.3. The standard InChI is InChI=1S/C11H7FN2O2.C11H19N3O2S/c12-9-3-1-2-7(4-9)10-13-5-8(6-14-10)11(15)16;1-14(2)7-6-13-17(15,16)11-5-3-4-10(8-11)9-12/h1-6H,(H,15,16);3-5,8,13H,6-7,9,12H2,1-2H3. The van der Waals surface area contributed by atoms with Crippen molar-refractivity contribution in [1.29, 1.82) is 0 Å². The van der Waals surface area contributed by atoms with Crippen LogP contribution in [-0.4, -0.2) is 61.5 Å². The second-order valence-electron chi connectivity index (χ2n) is 7.16. The number of benzene rings is 2. The summed E-state index contributed by atoms with van der Waals surface area (Å²) in [5.74, 6) is -1.18. The highest BCUT2D eigenvalue weighted by Crippen LogP contribution is 2.15. The number of carboxylic acid groups (broad SMARTS) is 1. The summed E-state index contributed by atoms with van der Waals surface area (Å²) in [5.41, 5.74) is 6.80. The molecule has 0 fully saturated rings. The van der Waals surface area contributed by atoms with Crippen LogP contribution in [0.1, 0.15) is 15.9 Å². The number of rotatable bonds is 8. The third kappa shape index (κ3) is 8.31. The molecule has 0 saturated heterocycles. The van der Waals surface area contributed by atoms with Crippen molar-refractivity contribution in [1.82, 2.24) is 19.6 Å². The van der Waals surface area contributed by atoms with Gasteiger partial charge >= 0.3 is 5.97 Å². The van der Waals surface area contributed by atoms with Crippen molar-refractivity contribution in [3.05, 3.63) is 77.9 Å². The molecular formula is C22H26FN5O4S. The van der Waals surface area contributed by atoms with E-state index in [0.29, 0.717) is 31.0 Å². The summed E-state index contributed by atoms with van der Waals surface area (Å²) in [6.45, 7) is 1.39. The number of sulfonamides is 1. The summed E-state index contributed by atoms with van der Waals surface area (Å²) in [5, 5.41) is 8.65. The Morgan fingerprint density at radius 1 is 1.12 bits per heavy atom. The summed E-state index contributed by atoms with van der Waals surface area (Å²) in [4.78, 5) is 20.4. The molecule has 0 amide bonds. The summed E-state index contributed by atoms with van der Waals surface area (Å²) >= 11 is 0. The Bertz CT molecular complexity index is 1170. The lowest BCUT2D eigenvalue weighted by Crippen LogP contribution is -2.31. The Hall–Kier alpha value is -3.25. The molecular weight excluding hydrogens is 449 g/mol. The zero-order chi connectivity index (χ0) is 24.4. The molecule has 0 atom stereocenters. The number of carboxylic acids is 1. The molecule has 1 heterocycles. The van der Waals surface area contributed by atoms with E-state index in [2.05, 4.69) is 14.7 Å². The van der Waals surface area contributed by atoms with Gasteiger partial charge in [-0.3, -0.25) is 0 Å². The summed E-state index contributed by atoms with van der Waals surface area (Å²) in [7, 11) is 0.364. The smallest absolute Gasteiger partial charge is 0.338 e. The molecule has 9 nitrogen and oxygen atoms in total. The van der Waals surface area contributed by atoms with Crippen LogP contribution < -0.4 is 10.5 Å². The number of hydrogen-bond donors (Lipinski definition) is 3. The topological polar surface area (TPSA) is 139 Å². The van der Waals surface area contributed by atoms with Crippen molar-refractivity contribution in [2.75, 3.05) is 27.2 Å². The van der Waals surface area contributed by atoms with E-state index in [4.69, 9.17) is 10.8 Å². The monoisotopic (exact) mass is 475 g/mol. The van der Waals surface area contributed by atoms with E-state index in [0.717, 1.165) is 5.56 Å². The number of aromatic nitrogens is 2. The zero-order valence-electron chi connectivity index (χ0n) is 18.3. The highest BCUT2D eigenvalue weighted by molar-refractivity contribution is 7.89. The van der Waals surface area contributed by atoms with Gasteiger partial charge in [0.05, 0.1) is 10.5 Å². The third-order valence-corrected chi connectivity index (χ3v) is 5.74. The van der Waals surface area contributed by atoms with Gasteiger partial charge in [-0.15, -0.1) is 0 Å². The Kier molecular flexibility index (Phi) is 9.55. The lowest BCUT2D eigenvalue weighted by molar-refractivity contribution is 0.0696. The number of carbonyl (C=O) groups is 1. The van der Waals surface area contributed by atoms with Crippen LogP contribution in [0.15, 0.2) is 65.8 Å². The van der Waals surface area contributed by atoms with Gasteiger partial charge in [-0.25, -0.2) is 32.3 Å². The van der Waals surface area contributed by atoms with E-state index in [-0.39, 0.29) is 16.3 Å². The summed E-state index contributed by atoms with van der Waals surface area (Å²) in [6, 6.07) is 12.5. The number of nitrogens with two attached hydrogens (primary N) is 1. The van der Waals surface area contributed by atoms with E-state index in [9.17, 15) is 17.6 Å². The first-order valence-corrected chi connectivity index (χ1v) is 11.4. The molecule has 0 aliphatic heterocycles. The van der Waals surface area contributed by atoms with Gasteiger partial charge in [-0.1, -0.05) is 24.3 Å². The van der Waals surface area contributed by atoms with Crippen LogP contribution in [0.3, 0.4) is 0 Å². The van der Waals surface area contributed by atoms with Gasteiger partial charge in [0.15, 0.2) is 5.82 Å². The predicted octanol–water partition coefficient (Wildman–Crippen LogP) is 1.97. The fraction of sp³-hybridized carbons (Fsp3) is 0.227. The molecule has 0 radical (unpaired) electrons. The molecule has 3 rings (SSSR count). The third-order valence-electron chi connectivity index (χ3n) is 4.28. The predicted molar refractivity (Wildman–Crippen MR) is 122 cm³/mol. The number of hydrogen-bond acceptors (Lipinski definition) is 7. The average molecular weight is 476 g/mol. The van der Waals surface area contributed by atoms with Gasteiger partial charge in [0.25, 0.3) is 0 Å². The zero-order valence-corrected chi connectivity index (χ0v) is 19.1. The van der Waals surface area contributed by atoms with E-state index >= 15 is 0 Å². The Morgan fingerprint density at radius 2 is 1.79 bits per heavy atom. The number of aromatic carboxylic acids is 1. The quantitative estimate of drug-likeness (QED) is 0.449. The van der Waals surface area contributed by atoms with E-state index < -0.39 is 16.0 Å². The average Bonchev–Trinajstić information content (AvgIpc) is 2.79. The second kappa shape index (κ2) is 12.1. The lowest BCUT2D eigenvalue weighted by atomic mass is 10.2. The Morgan fingerprint density at radius 3 is 2.36 bits per heavy atom. The minimum Gasteiger partial charge on any atom is -0.478 e. The van der Waals surface area contributed by atoms with Crippen LogP contribution in [0.5, 0.6) is 0 Å². The molecule has 2 aromatic carbocycles. The number of halogens is 1. The highest BCUT2D eigenvalue weighted by atomic mass is 32.2. The van der Waals surface area contributed by atoms with Crippen LogP contribution in [-0.2, 0) is 16.6 Å². The van der Waals surface area contributed by atoms with Crippen LogP contribution >= 0.6 is 0 Å². The minimum absolute atomic E-state index is 0.000142. The first-order chi connectivity index (χ1) is 15.6. The largest absolute Gasteiger partial charge is 0.478 e. The van der Waals surface area contributed by atoms with Gasteiger partial charge < -0.3 is 15.7 Å². The lowest BCUT2D eigenvalue weighted by Gasteiger charge is -2.11. The van der Waals surface area contributed by atoms with Crippen molar-refractivity contribution in [3.63, 3.8) is 0 Å². The first kappa shape index (κ1) is 26.0. The second-order valence-corrected chi connectivity index (χ2v) is 8.93. The Labute approximate surface area is 192 Å². The first-order valence-electron chi connectivity index (χ1n) is 9.87. The normalized spacial score (nSPS) is 11.1. The summed E-state index contributed by atoms with van der Waals surface area (Å²) in [6.07, 6.45) is 2.38. The van der Waals surface area contributed by atoms with Crippen LogP contribution in [0, 0.1) is 5.82 Å². The maximum Gasteiger partial charge on any atom is 0.338 e. The number of likely N-dealkylation sites (N-methyl/N-ethyl adjacent to an activating group) is 1. The van der Waals surface area contributed by atoms with Gasteiger partial charge in [0.1, 0.15) is 5.82 Å². The molecule has 3 aromatic rings. The highest BCUT2D eigenvalue weighted by Gasteiger charge is 2.13. The molecule has 11 heteroatoms. The molecule has 33 heavy (non-hydrogen) atoms. The van der Waals surface area contributed by atoms with Crippen LogP contribution in [0.2, 0.25) is 0 Å². The fourth-order valence-electron chi connectivity index (χ4n) is 2.54. The molecule has 0 spiro atoms. The van der Waals surface area contributed by atoms with Crippen LogP contribution in [0.25, 0.3) is 11.4 Å². The van der Waals surface area contributed by atoms with Crippen molar-refractivity contribution in [2.45, 2.75) is 11.4 Å². The van der Waals surface area contributed by atoms with E-state index in [1.54, 1.807) is 36.4 Å². The van der Waals surface area contributed by atoms with Crippen molar-refractivity contribution < 1.29 is 22.7 Å². The molecule has 0 unspecified atom stereocenters. The minimum atomic E-state index is -3.42. The Balaban J connectivity index is 0.000000234. The number of nitrogens with one attached hydrogen (secondary N) is 1. The molecule has 0 saturated carbocycles. The SMILES string of the molecule is CN(C)CCNS(=O)(=O)c1cccc(CN)c1.O=C(O)c1cnc(-c2cccc(F)c2)nc1. The fourth-order valence-corrected chi connectivity index (χ4v) is 3.63. The molecule has 0 aliphatic rings. The number of nitrogens with zero attached hydrogens (tertiary/aromatic N) is 3.